The number of hydrogen-bond acceptors (Lipinski definition) is 4. The number of hydrogen-bond donors (Lipinski definition) is 3. The van der Waals surface area contributed by atoms with E-state index < -0.39 is 0 Å². The summed E-state index contributed by atoms with van der Waals surface area (Å²) in [5, 5.41) is 10.0. The molecular weight excluding hydrogens is 206 g/mol. The van der Waals surface area contributed by atoms with Crippen LogP contribution in [0.2, 0.25) is 0 Å². The van der Waals surface area contributed by atoms with Gasteiger partial charge in [0.2, 0.25) is 0 Å². The van der Waals surface area contributed by atoms with Crippen LogP contribution in [0.15, 0.2) is 24.3 Å². The molecule has 0 aliphatic carbocycles. The first-order valence-corrected chi connectivity index (χ1v) is 4.84. The highest BCUT2D eigenvalue weighted by atomic mass is 16.5. The number of nitrogens with one attached hydrogen (secondary N) is 2. The second kappa shape index (κ2) is 5.87. The minimum absolute atomic E-state index is 0.103. The molecule has 0 heterocycles. The topological polar surface area (TPSA) is 88.2 Å². The molecule has 0 unspecified atom stereocenters. The molecule has 5 nitrogen and oxygen atoms in total. The van der Waals surface area contributed by atoms with E-state index in [9.17, 15) is 4.79 Å². The Morgan fingerprint density at radius 2 is 2.06 bits per heavy atom. The lowest BCUT2D eigenvalue weighted by molar-refractivity contribution is 0.0600. The fourth-order valence-electron chi connectivity index (χ4n) is 1.22. The number of ether oxygens (including phenoxy) is 1. The Balaban J connectivity index is 2.51. The molecule has 1 aromatic carbocycles. The second-order valence-corrected chi connectivity index (χ2v) is 3.32. The van der Waals surface area contributed by atoms with Crippen LogP contribution in [0.4, 0.5) is 0 Å². The van der Waals surface area contributed by atoms with Crippen LogP contribution < -0.4 is 11.1 Å². The molecule has 0 radical (unpaired) electrons. The predicted octanol–water partition coefficient (Wildman–Crippen LogP) is 0.499. The number of carbonyl (C=O) groups excluding carboxylic acids is 1. The summed E-state index contributed by atoms with van der Waals surface area (Å²) in [6.07, 6.45) is 0. The van der Waals surface area contributed by atoms with Crippen molar-refractivity contribution in [3.63, 3.8) is 0 Å². The summed E-state index contributed by atoms with van der Waals surface area (Å²) in [7, 11) is 1.35. The molecule has 0 aromatic heterocycles. The monoisotopic (exact) mass is 221 g/mol. The Morgan fingerprint density at radius 1 is 1.44 bits per heavy atom. The van der Waals surface area contributed by atoms with Crippen molar-refractivity contribution in [2.45, 2.75) is 6.54 Å². The average molecular weight is 221 g/mol. The Bertz CT molecular complexity index is 373. The van der Waals surface area contributed by atoms with Gasteiger partial charge in [-0.2, -0.15) is 0 Å². The van der Waals surface area contributed by atoms with Gasteiger partial charge in [0.15, 0.2) is 0 Å². The lowest BCUT2D eigenvalue weighted by atomic mass is 10.1. The lowest BCUT2D eigenvalue weighted by Crippen LogP contribution is -2.27. The van der Waals surface area contributed by atoms with E-state index in [2.05, 4.69) is 10.1 Å². The zero-order valence-corrected chi connectivity index (χ0v) is 9.12. The van der Waals surface area contributed by atoms with Crippen LogP contribution in [0.3, 0.4) is 0 Å². The minimum atomic E-state index is -0.344. The fraction of sp³-hybridized carbons (Fsp3) is 0.273. The van der Waals surface area contributed by atoms with Crippen molar-refractivity contribution in [1.82, 2.24) is 5.32 Å². The Hall–Kier alpha value is -1.88. The molecule has 0 saturated carbocycles. The van der Waals surface area contributed by atoms with Crippen molar-refractivity contribution in [3.05, 3.63) is 35.4 Å². The third kappa shape index (κ3) is 3.70. The SMILES string of the molecule is COC(=O)c1ccc(CNCC(=N)N)cc1. The maximum absolute atomic E-state index is 11.1. The maximum Gasteiger partial charge on any atom is 0.337 e. The predicted molar refractivity (Wildman–Crippen MR) is 61.4 cm³/mol. The summed E-state index contributed by atoms with van der Waals surface area (Å²) in [6, 6.07) is 7.08. The van der Waals surface area contributed by atoms with Crippen molar-refractivity contribution in [1.29, 1.82) is 5.41 Å². The number of methoxy groups -OCH3 is 1. The largest absolute Gasteiger partial charge is 0.465 e. The van der Waals surface area contributed by atoms with Gasteiger partial charge in [0.25, 0.3) is 0 Å². The molecule has 0 atom stereocenters. The minimum Gasteiger partial charge on any atom is -0.465 e. The van der Waals surface area contributed by atoms with E-state index in [0.717, 1.165) is 5.56 Å². The van der Waals surface area contributed by atoms with Gasteiger partial charge in [0.1, 0.15) is 5.84 Å². The molecule has 4 N–H and O–H groups in total. The zero-order chi connectivity index (χ0) is 12.0. The quantitative estimate of drug-likeness (QED) is 0.384. The second-order valence-electron chi connectivity index (χ2n) is 3.32. The molecule has 0 aliphatic rings. The molecule has 1 rings (SSSR count). The Morgan fingerprint density at radius 3 is 2.56 bits per heavy atom. The maximum atomic E-state index is 11.1. The van der Waals surface area contributed by atoms with E-state index in [-0.39, 0.29) is 11.8 Å². The Kier molecular flexibility index (Phi) is 4.47. The smallest absolute Gasteiger partial charge is 0.337 e. The van der Waals surface area contributed by atoms with Crippen LogP contribution >= 0.6 is 0 Å². The molecule has 0 bridgehead atoms. The van der Waals surface area contributed by atoms with Gasteiger partial charge in [0.05, 0.1) is 19.2 Å². The first-order chi connectivity index (χ1) is 7.63. The molecule has 5 heteroatoms. The van der Waals surface area contributed by atoms with Gasteiger partial charge in [-0.05, 0) is 17.7 Å². The van der Waals surface area contributed by atoms with Gasteiger partial charge in [-0.3, -0.25) is 5.41 Å². The highest BCUT2D eigenvalue weighted by Crippen LogP contribution is 2.05. The standard InChI is InChI=1S/C11H15N3O2/c1-16-11(15)9-4-2-8(3-5-9)6-14-7-10(12)13/h2-5,14H,6-7H2,1H3,(H3,12,13). The van der Waals surface area contributed by atoms with Crippen molar-refractivity contribution >= 4 is 11.8 Å². The third-order valence-electron chi connectivity index (χ3n) is 2.02. The molecule has 1 aromatic rings. The van der Waals surface area contributed by atoms with E-state index >= 15 is 0 Å². The molecule has 86 valence electrons. The number of benzene rings is 1. The Labute approximate surface area is 94.1 Å². The van der Waals surface area contributed by atoms with Crippen molar-refractivity contribution in [2.75, 3.05) is 13.7 Å². The van der Waals surface area contributed by atoms with E-state index in [0.29, 0.717) is 18.7 Å². The molecule has 0 amide bonds. The molecule has 0 aliphatic heterocycles. The van der Waals surface area contributed by atoms with Gasteiger partial charge < -0.3 is 15.8 Å². The van der Waals surface area contributed by atoms with E-state index in [4.69, 9.17) is 11.1 Å². The first kappa shape index (κ1) is 12.2. The van der Waals surface area contributed by atoms with Gasteiger partial charge in [-0.25, -0.2) is 4.79 Å². The summed E-state index contributed by atoms with van der Waals surface area (Å²) < 4.78 is 4.59. The van der Waals surface area contributed by atoms with Crippen molar-refractivity contribution in [2.24, 2.45) is 5.73 Å². The van der Waals surface area contributed by atoms with Gasteiger partial charge >= 0.3 is 5.97 Å². The molecule has 16 heavy (non-hydrogen) atoms. The summed E-state index contributed by atoms with van der Waals surface area (Å²) in [6.45, 7) is 0.972. The van der Waals surface area contributed by atoms with Crippen molar-refractivity contribution < 1.29 is 9.53 Å². The van der Waals surface area contributed by atoms with Gasteiger partial charge in [-0.1, -0.05) is 12.1 Å². The highest BCUT2D eigenvalue weighted by Gasteiger charge is 2.03. The average Bonchev–Trinajstić information content (AvgIpc) is 2.28. The van der Waals surface area contributed by atoms with Crippen LogP contribution in [0.5, 0.6) is 0 Å². The normalized spacial score (nSPS) is 9.81. The first-order valence-electron chi connectivity index (χ1n) is 4.84. The van der Waals surface area contributed by atoms with Crippen LogP contribution in [0, 0.1) is 5.41 Å². The van der Waals surface area contributed by atoms with Crippen LogP contribution in [-0.2, 0) is 11.3 Å². The summed E-state index contributed by atoms with van der Waals surface area (Å²) in [5.41, 5.74) is 6.75. The molecule has 0 saturated heterocycles. The van der Waals surface area contributed by atoms with E-state index in [1.165, 1.54) is 7.11 Å². The third-order valence-corrected chi connectivity index (χ3v) is 2.02. The summed E-state index contributed by atoms with van der Waals surface area (Å²) >= 11 is 0. The van der Waals surface area contributed by atoms with Crippen LogP contribution in [0.25, 0.3) is 0 Å². The van der Waals surface area contributed by atoms with Crippen LogP contribution in [-0.4, -0.2) is 25.5 Å². The fourth-order valence-corrected chi connectivity index (χ4v) is 1.22. The summed E-state index contributed by atoms with van der Waals surface area (Å²) in [5.74, 6) is -0.241. The van der Waals surface area contributed by atoms with Gasteiger partial charge in [0, 0.05) is 6.54 Å². The van der Waals surface area contributed by atoms with Crippen molar-refractivity contribution in [3.8, 4) is 0 Å². The highest BCUT2D eigenvalue weighted by molar-refractivity contribution is 5.89. The van der Waals surface area contributed by atoms with Gasteiger partial charge in [-0.15, -0.1) is 0 Å². The number of esters is 1. The molecular formula is C11H15N3O2. The van der Waals surface area contributed by atoms with Crippen LogP contribution in [0.1, 0.15) is 15.9 Å². The summed E-state index contributed by atoms with van der Waals surface area (Å²) in [4.78, 5) is 11.1. The number of amidine groups is 1. The van der Waals surface area contributed by atoms with E-state index in [1.54, 1.807) is 12.1 Å². The number of carbonyl (C=O) groups is 1. The van der Waals surface area contributed by atoms with E-state index in [1.807, 2.05) is 12.1 Å². The molecule has 0 fully saturated rings. The number of rotatable bonds is 5. The lowest BCUT2D eigenvalue weighted by Gasteiger charge is -2.04. The zero-order valence-electron chi connectivity index (χ0n) is 9.12. The molecule has 0 spiro atoms. The number of nitrogens with two attached hydrogens (primary N) is 1.